The fourth-order valence-corrected chi connectivity index (χ4v) is 2.56. The zero-order chi connectivity index (χ0) is 9.90. The maximum absolute atomic E-state index is 10.9. The van der Waals surface area contributed by atoms with Gasteiger partial charge in [0.25, 0.3) is 10.1 Å². The highest BCUT2D eigenvalue weighted by Crippen LogP contribution is 2.26. The molecule has 1 aliphatic rings. The first kappa shape index (κ1) is 11.0. The molecule has 3 nitrogen and oxygen atoms in total. The molecule has 1 rings (SSSR count). The van der Waals surface area contributed by atoms with Gasteiger partial charge in [-0.3, -0.25) is 4.18 Å². The number of rotatable bonds is 2. The molecule has 2 unspecified atom stereocenters. The molecule has 0 radical (unpaired) electrons. The van der Waals surface area contributed by atoms with Gasteiger partial charge in [-0.2, -0.15) is 8.42 Å². The van der Waals surface area contributed by atoms with Crippen molar-refractivity contribution in [2.24, 2.45) is 5.92 Å². The van der Waals surface area contributed by atoms with Gasteiger partial charge in [-0.1, -0.05) is 26.2 Å². The zero-order valence-electron chi connectivity index (χ0n) is 8.32. The average Bonchev–Trinajstić information content (AvgIpc) is 2.14. The Bertz CT molecular complexity index is 246. The van der Waals surface area contributed by atoms with Gasteiger partial charge in [-0.15, -0.1) is 0 Å². The van der Waals surface area contributed by atoms with Crippen LogP contribution < -0.4 is 0 Å². The Hall–Kier alpha value is -0.0900. The summed E-state index contributed by atoms with van der Waals surface area (Å²) in [5.41, 5.74) is 0. The SMILES string of the molecule is CC1CCCCCC1OS(C)(=O)=O. The number of hydrogen-bond donors (Lipinski definition) is 0. The predicted molar refractivity (Wildman–Crippen MR) is 52.0 cm³/mol. The second-order valence-corrected chi connectivity index (χ2v) is 5.55. The quantitative estimate of drug-likeness (QED) is 0.512. The smallest absolute Gasteiger partial charge is 0.264 e. The summed E-state index contributed by atoms with van der Waals surface area (Å²) < 4.78 is 26.9. The molecule has 1 fully saturated rings. The highest BCUT2D eigenvalue weighted by Gasteiger charge is 2.23. The molecule has 1 saturated carbocycles. The minimum atomic E-state index is -3.27. The minimum absolute atomic E-state index is 0.0856. The third-order valence-electron chi connectivity index (χ3n) is 2.58. The van der Waals surface area contributed by atoms with E-state index in [1.807, 2.05) is 0 Å². The Labute approximate surface area is 80.6 Å². The van der Waals surface area contributed by atoms with Crippen molar-refractivity contribution in [3.63, 3.8) is 0 Å². The first-order chi connectivity index (χ1) is 5.99. The summed E-state index contributed by atoms with van der Waals surface area (Å²) in [7, 11) is -3.27. The van der Waals surface area contributed by atoms with E-state index < -0.39 is 10.1 Å². The van der Waals surface area contributed by atoms with Gasteiger partial charge in [-0.05, 0) is 18.8 Å². The van der Waals surface area contributed by atoms with E-state index in [1.54, 1.807) is 0 Å². The van der Waals surface area contributed by atoms with Crippen molar-refractivity contribution in [2.45, 2.75) is 45.1 Å². The maximum atomic E-state index is 10.9. The Morgan fingerprint density at radius 1 is 1.15 bits per heavy atom. The first-order valence-corrected chi connectivity index (χ1v) is 6.69. The summed E-state index contributed by atoms with van der Waals surface area (Å²) in [5, 5.41) is 0. The molecule has 4 heteroatoms. The van der Waals surface area contributed by atoms with Crippen molar-refractivity contribution in [1.82, 2.24) is 0 Å². The van der Waals surface area contributed by atoms with Gasteiger partial charge in [0.05, 0.1) is 12.4 Å². The van der Waals surface area contributed by atoms with Gasteiger partial charge in [0.2, 0.25) is 0 Å². The fourth-order valence-electron chi connectivity index (χ4n) is 1.83. The van der Waals surface area contributed by atoms with Gasteiger partial charge in [0.15, 0.2) is 0 Å². The Morgan fingerprint density at radius 2 is 1.77 bits per heavy atom. The van der Waals surface area contributed by atoms with E-state index in [2.05, 4.69) is 6.92 Å². The molecule has 0 amide bonds. The summed E-state index contributed by atoms with van der Waals surface area (Å²) >= 11 is 0. The zero-order valence-corrected chi connectivity index (χ0v) is 9.14. The van der Waals surface area contributed by atoms with Crippen LogP contribution in [0.5, 0.6) is 0 Å². The molecule has 0 bridgehead atoms. The van der Waals surface area contributed by atoms with Gasteiger partial charge < -0.3 is 0 Å². The van der Waals surface area contributed by atoms with Crippen molar-refractivity contribution in [1.29, 1.82) is 0 Å². The molecule has 1 aliphatic carbocycles. The minimum Gasteiger partial charge on any atom is -0.267 e. The molecular formula is C9H18O3S. The molecule has 0 aromatic rings. The van der Waals surface area contributed by atoms with Crippen LogP contribution in [0.3, 0.4) is 0 Å². The Balaban J connectivity index is 2.55. The van der Waals surface area contributed by atoms with Crippen LogP contribution in [0.1, 0.15) is 39.0 Å². The lowest BCUT2D eigenvalue weighted by Gasteiger charge is -2.19. The van der Waals surface area contributed by atoms with Crippen LogP contribution in [0, 0.1) is 5.92 Å². The lowest BCUT2D eigenvalue weighted by molar-refractivity contribution is 0.144. The Kier molecular flexibility index (Phi) is 3.74. The van der Waals surface area contributed by atoms with Crippen LogP contribution >= 0.6 is 0 Å². The molecule has 13 heavy (non-hydrogen) atoms. The standard InChI is InChI=1S/C9H18O3S/c1-8-6-4-3-5-7-9(8)12-13(2,10)11/h8-9H,3-7H2,1-2H3. The van der Waals surface area contributed by atoms with Crippen LogP contribution in [0.25, 0.3) is 0 Å². The van der Waals surface area contributed by atoms with Crippen LogP contribution in [-0.2, 0) is 14.3 Å². The van der Waals surface area contributed by atoms with E-state index in [0.717, 1.165) is 25.5 Å². The topological polar surface area (TPSA) is 43.4 Å². The predicted octanol–water partition coefficient (Wildman–Crippen LogP) is 1.93. The van der Waals surface area contributed by atoms with Gasteiger partial charge >= 0.3 is 0 Å². The van der Waals surface area contributed by atoms with Crippen molar-refractivity contribution < 1.29 is 12.6 Å². The second kappa shape index (κ2) is 4.42. The van der Waals surface area contributed by atoms with E-state index in [-0.39, 0.29) is 6.10 Å². The third-order valence-corrected chi connectivity index (χ3v) is 3.18. The van der Waals surface area contributed by atoms with Crippen LogP contribution in [0.4, 0.5) is 0 Å². The van der Waals surface area contributed by atoms with Crippen molar-refractivity contribution in [3.05, 3.63) is 0 Å². The van der Waals surface area contributed by atoms with Crippen molar-refractivity contribution >= 4 is 10.1 Å². The molecule has 0 aromatic carbocycles. The summed E-state index contributed by atoms with van der Waals surface area (Å²) in [4.78, 5) is 0. The van der Waals surface area contributed by atoms with Crippen LogP contribution in [0.15, 0.2) is 0 Å². The molecule has 0 heterocycles. The average molecular weight is 206 g/mol. The molecule has 0 aromatic heterocycles. The first-order valence-electron chi connectivity index (χ1n) is 4.87. The normalized spacial score (nSPS) is 31.2. The van der Waals surface area contributed by atoms with E-state index in [9.17, 15) is 8.42 Å². The van der Waals surface area contributed by atoms with Crippen molar-refractivity contribution in [2.75, 3.05) is 6.26 Å². The molecule has 0 N–H and O–H groups in total. The monoisotopic (exact) mass is 206 g/mol. The fraction of sp³-hybridized carbons (Fsp3) is 1.00. The molecule has 78 valence electrons. The largest absolute Gasteiger partial charge is 0.267 e. The summed E-state index contributed by atoms with van der Waals surface area (Å²) in [6, 6.07) is 0. The molecule has 0 spiro atoms. The van der Waals surface area contributed by atoms with Gasteiger partial charge in [0.1, 0.15) is 0 Å². The lowest BCUT2D eigenvalue weighted by atomic mass is 10.0. The molecular weight excluding hydrogens is 188 g/mol. The third kappa shape index (κ3) is 4.09. The van der Waals surface area contributed by atoms with Gasteiger partial charge in [0, 0.05) is 0 Å². The van der Waals surface area contributed by atoms with Crippen LogP contribution in [0.2, 0.25) is 0 Å². The number of hydrogen-bond acceptors (Lipinski definition) is 3. The van der Waals surface area contributed by atoms with E-state index in [0.29, 0.717) is 5.92 Å². The second-order valence-electron chi connectivity index (χ2n) is 3.95. The maximum Gasteiger partial charge on any atom is 0.264 e. The summed E-state index contributed by atoms with van der Waals surface area (Å²) in [6.45, 7) is 2.07. The summed E-state index contributed by atoms with van der Waals surface area (Å²) in [6.07, 6.45) is 6.50. The Morgan fingerprint density at radius 3 is 2.38 bits per heavy atom. The summed E-state index contributed by atoms with van der Waals surface area (Å²) in [5.74, 6) is 0.372. The van der Waals surface area contributed by atoms with Gasteiger partial charge in [-0.25, -0.2) is 0 Å². The molecule has 0 saturated heterocycles. The van der Waals surface area contributed by atoms with Crippen LogP contribution in [-0.4, -0.2) is 20.8 Å². The highest BCUT2D eigenvalue weighted by molar-refractivity contribution is 7.86. The van der Waals surface area contributed by atoms with E-state index in [1.165, 1.54) is 12.8 Å². The lowest BCUT2D eigenvalue weighted by Crippen LogP contribution is -2.23. The van der Waals surface area contributed by atoms with Crippen molar-refractivity contribution in [3.8, 4) is 0 Å². The van der Waals surface area contributed by atoms with E-state index in [4.69, 9.17) is 4.18 Å². The molecule has 2 atom stereocenters. The highest BCUT2D eigenvalue weighted by atomic mass is 32.2. The molecule has 0 aliphatic heterocycles. The van der Waals surface area contributed by atoms with E-state index >= 15 is 0 Å².